The molecule has 1 aromatic heterocycles. The minimum atomic E-state index is -1.15. The first-order valence-electron chi connectivity index (χ1n) is 3.67. The molecule has 0 aromatic carbocycles. The molecule has 5 nitrogen and oxygen atoms in total. The molecule has 0 amide bonds. The van der Waals surface area contributed by atoms with Gasteiger partial charge >= 0.3 is 5.97 Å². The Morgan fingerprint density at radius 3 is 2.71 bits per heavy atom. The zero-order valence-electron chi connectivity index (χ0n) is 6.92. The van der Waals surface area contributed by atoms with Crippen molar-refractivity contribution in [2.75, 3.05) is 5.33 Å². The average molecular weight is 282 g/mol. The standard InChI is InChI=1S/C7H8BrNO4S/c8-1-4(10)5(11)6-9-3(2-14-6)7(12)13/h2,4-5,10-11H,1H2,(H,12,13). The third kappa shape index (κ3) is 2.50. The van der Waals surface area contributed by atoms with E-state index in [1.165, 1.54) is 5.38 Å². The van der Waals surface area contributed by atoms with Crippen LogP contribution in [0.25, 0.3) is 0 Å². The van der Waals surface area contributed by atoms with E-state index >= 15 is 0 Å². The number of hydrogen-bond acceptors (Lipinski definition) is 5. The number of halogens is 1. The van der Waals surface area contributed by atoms with Crippen LogP contribution in [0.4, 0.5) is 0 Å². The summed E-state index contributed by atoms with van der Waals surface area (Å²) in [5, 5.41) is 29.0. The van der Waals surface area contributed by atoms with Crippen LogP contribution in [0, 0.1) is 0 Å². The molecule has 2 unspecified atom stereocenters. The topological polar surface area (TPSA) is 90.7 Å². The average Bonchev–Trinajstić information content (AvgIpc) is 2.64. The largest absolute Gasteiger partial charge is 0.476 e. The summed E-state index contributed by atoms with van der Waals surface area (Å²) in [4.78, 5) is 14.1. The van der Waals surface area contributed by atoms with Crippen molar-refractivity contribution in [3.05, 3.63) is 16.1 Å². The Balaban J connectivity index is 2.81. The first kappa shape index (κ1) is 11.6. The Kier molecular flexibility index (Phi) is 3.99. The highest BCUT2D eigenvalue weighted by Gasteiger charge is 2.21. The lowest BCUT2D eigenvalue weighted by Gasteiger charge is -2.11. The number of aromatic carboxylic acids is 1. The van der Waals surface area contributed by atoms with Crippen molar-refractivity contribution in [3.63, 3.8) is 0 Å². The van der Waals surface area contributed by atoms with Gasteiger partial charge in [-0.05, 0) is 0 Å². The molecule has 0 fully saturated rings. The maximum atomic E-state index is 10.5. The van der Waals surface area contributed by atoms with E-state index in [0.717, 1.165) is 11.3 Å². The van der Waals surface area contributed by atoms with E-state index in [1.54, 1.807) is 0 Å². The van der Waals surface area contributed by atoms with Gasteiger partial charge in [-0.1, -0.05) is 15.9 Å². The zero-order chi connectivity index (χ0) is 10.7. The fraction of sp³-hybridized carbons (Fsp3) is 0.429. The number of hydrogen-bond donors (Lipinski definition) is 3. The zero-order valence-corrected chi connectivity index (χ0v) is 9.32. The van der Waals surface area contributed by atoms with Crippen molar-refractivity contribution in [3.8, 4) is 0 Å². The van der Waals surface area contributed by atoms with Gasteiger partial charge in [-0.3, -0.25) is 0 Å². The summed E-state index contributed by atoms with van der Waals surface area (Å²) in [5.41, 5.74) is -0.120. The molecular weight excluding hydrogens is 274 g/mol. The van der Waals surface area contributed by atoms with Crippen LogP contribution < -0.4 is 0 Å². The number of nitrogens with zero attached hydrogens (tertiary/aromatic N) is 1. The number of alkyl halides is 1. The summed E-state index contributed by atoms with van der Waals surface area (Å²) < 4.78 is 0. The number of aromatic nitrogens is 1. The normalized spacial score (nSPS) is 15.1. The van der Waals surface area contributed by atoms with Crippen LogP contribution in [0.1, 0.15) is 21.6 Å². The molecule has 3 N–H and O–H groups in total. The van der Waals surface area contributed by atoms with Gasteiger partial charge in [0, 0.05) is 10.7 Å². The van der Waals surface area contributed by atoms with Crippen LogP contribution in [-0.2, 0) is 0 Å². The van der Waals surface area contributed by atoms with Crippen LogP contribution in [0.3, 0.4) is 0 Å². The van der Waals surface area contributed by atoms with E-state index in [-0.39, 0.29) is 16.0 Å². The van der Waals surface area contributed by atoms with Gasteiger partial charge in [-0.2, -0.15) is 0 Å². The van der Waals surface area contributed by atoms with E-state index in [0.29, 0.717) is 0 Å². The van der Waals surface area contributed by atoms with E-state index < -0.39 is 18.2 Å². The van der Waals surface area contributed by atoms with Gasteiger partial charge in [0.15, 0.2) is 5.69 Å². The van der Waals surface area contributed by atoms with Crippen LogP contribution in [0.2, 0.25) is 0 Å². The Hall–Kier alpha value is -0.500. The molecule has 78 valence electrons. The van der Waals surface area contributed by atoms with Crippen molar-refractivity contribution in [2.45, 2.75) is 12.2 Å². The van der Waals surface area contributed by atoms with Crippen molar-refractivity contribution >= 4 is 33.2 Å². The smallest absolute Gasteiger partial charge is 0.355 e. The monoisotopic (exact) mass is 281 g/mol. The fourth-order valence-corrected chi connectivity index (χ4v) is 1.96. The third-order valence-electron chi connectivity index (χ3n) is 1.52. The Bertz CT molecular complexity index is 329. The Morgan fingerprint density at radius 1 is 1.64 bits per heavy atom. The minimum Gasteiger partial charge on any atom is -0.476 e. The number of carboxylic acid groups (broad SMARTS) is 1. The number of carbonyl (C=O) groups is 1. The lowest BCUT2D eigenvalue weighted by Crippen LogP contribution is -2.19. The second-order valence-corrected chi connectivity index (χ2v) is 4.08. The van der Waals surface area contributed by atoms with Crippen LogP contribution >= 0.6 is 27.3 Å². The van der Waals surface area contributed by atoms with Crippen molar-refractivity contribution < 1.29 is 20.1 Å². The first-order valence-corrected chi connectivity index (χ1v) is 5.67. The van der Waals surface area contributed by atoms with Crippen molar-refractivity contribution in [2.24, 2.45) is 0 Å². The molecule has 2 atom stereocenters. The van der Waals surface area contributed by atoms with Crippen LogP contribution in [0.5, 0.6) is 0 Å². The second-order valence-electron chi connectivity index (χ2n) is 2.54. The third-order valence-corrected chi connectivity index (χ3v) is 3.10. The van der Waals surface area contributed by atoms with Gasteiger partial charge in [0.25, 0.3) is 0 Å². The molecule has 0 aliphatic rings. The number of carboxylic acids is 1. The molecule has 0 aliphatic heterocycles. The van der Waals surface area contributed by atoms with Crippen LogP contribution in [-0.4, -0.2) is 37.7 Å². The summed E-state index contributed by atoms with van der Waals surface area (Å²) >= 11 is 4.01. The molecular formula is C7H8BrNO4S. The summed E-state index contributed by atoms with van der Waals surface area (Å²) in [6.45, 7) is 0. The maximum Gasteiger partial charge on any atom is 0.355 e. The van der Waals surface area contributed by atoms with E-state index in [4.69, 9.17) is 5.11 Å². The van der Waals surface area contributed by atoms with Gasteiger partial charge in [0.1, 0.15) is 11.1 Å². The van der Waals surface area contributed by atoms with Crippen LogP contribution in [0.15, 0.2) is 5.38 Å². The summed E-state index contributed by atoms with van der Waals surface area (Å²) in [7, 11) is 0. The highest BCUT2D eigenvalue weighted by Crippen LogP contribution is 2.22. The molecule has 0 radical (unpaired) electrons. The molecule has 0 aliphatic carbocycles. The van der Waals surface area contributed by atoms with Gasteiger partial charge in [0.2, 0.25) is 0 Å². The minimum absolute atomic E-state index is 0.120. The molecule has 1 heterocycles. The summed E-state index contributed by atoms with van der Waals surface area (Å²) in [6.07, 6.45) is -2.13. The van der Waals surface area contributed by atoms with Gasteiger partial charge < -0.3 is 15.3 Å². The fourth-order valence-electron chi connectivity index (χ4n) is 0.771. The number of thiazole rings is 1. The molecule has 0 spiro atoms. The molecule has 0 saturated carbocycles. The van der Waals surface area contributed by atoms with Crippen molar-refractivity contribution in [1.82, 2.24) is 4.98 Å². The highest BCUT2D eigenvalue weighted by atomic mass is 79.9. The molecule has 0 saturated heterocycles. The lowest BCUT2D eigenvalue weighted by atomic mass is 10.2. The maximum absolute atomic E-state index is 10.5. The Morgan fingerprint density at radius 2 is 2.29 bits per heavy atom. The second kappa shape index (κ2) is 4.83. The number of aliphatic hydroxyl groups is 2. The molecule has 1 aromatic rings. The predicted molar refractivity (Wildman–Crippen MR) is 53.8 cm³/mol. The SMILES string of the molecule is O=C(O)c1csc(C(O)C(O)CBr)n1. The van der Waals surface area contributed by atoms with Crippen molar-refractivity contribution in [1.29, 1.82) is 0 Å². The number of aliphatic hydroxyl groups excluding tert-OH is 2. The molecule has 7 heteroatoms. The quantitative estimate of drug-likeness (QED) is 0.705. The van der Waals surface area contributed by atoms with E-state index in [2.05, 4.69) is 20.9 Å². The van der Waals surface area contributed by atoms with Gasteiger partial charge in [-0.15, -0.1) is 11.3 Å². The molecule has 1 rings (SSSR count). The predicted octanol–water partition coefficient (Wildman–Crippen LogP) is 0.631. The van der Waals surface area contributed by atoms with E-state index in [9.17, 15) is 15.0 Å². The van der Waals surface area contributed by atoms with Gasteiger partial charge in [-0.25, -0.2) is 9.78 Å². The number of rotatable bonds is 4. The highest BCUT2D eigenvalue weighted by molar-refractivity contribution is 9.09. The summed E-state index contributed by atoms with van der Waals surface area (Å²) in [5.74, 6) is -1.15. The summed E-state index contributed by atoms with van der Waals surface area (Å²) in [6, 6.07) is 0. The molecule has 14 heavy (non-hydrogen) atoms. The lowest BCUT2D eigenvalue weighted by molar-refractivity contribution is 0.0339. The van der Waals surface area contributed by atoms with E-state index in [1.807, 2.05) is 0 Å². The first-order chi connectivity index (χ1) is 6.56. The van der Waals surface area contributed by atoms with Gasteiger partial charge in [0.05, 0.1) is 6.10 Å². The molecule has 0 bridgehead atoms. The Labute approximate surface area is 92.2 Å².